The summed E-state index contributed by atoms with van der Waals surface area (Å²) in [5, 5.41) is 6.46. The first-order valence-corrected chi connectivity index (χ1v) is 9.64. The number of anilines is 1. The average Bonchev–Trinajstić information content (AvgIpc) is 3.15. The van der Waals surface area contributed by atoms with Crippen molar-refractivity contribution in [2.45, 2.75) is 44.0 Å². The number of hydrogen-bond acceptors (Lipinski definition) is 4. The molecule has 2 aliphatic heterocycles. The lowest BCUT2D eigenvalue weighted by Crippen LogP contribution is -2.46. The van der Waals surface area contributed by atoms with Gasteiger partial charge in [-0.1, -0.05) is 0 Å². The van der Waals surface area contributed by atoms with Crippen LogP contribution in [0.2, 0.25) is 0 Å². The molecule has 0 saturated carbocycles. The van der Waals surface area contributed by atoms with Crippen LogP contribution in [0.3, 0.4) is 0 Å². The Bertz CT molecular complexity index is 708. The van der Waals surface area contributed by atoms with E-state index >= 15 is 0 Å². The Morgan fingerprint density at radius 3 is 3.05 bits per heavy atom. The summed E-state index contributed by atoms with van der Waals surface area (Å²) < 4.78 is 1.99. The highest BCUT2D eigenvalue weighted by Crippen LogP contribution is 2.43. The zero-order valence-corrected chi connectivity index (χ0v) is 14.4. The summed E-state index contributed by atoms with van der Waals surface area (Å²) in [5.41, 5.74) is 1.23. The molecule has 0 fully saturated rings. The number of hydrogen-bond donors (Lipinski definition) is 0. The first-order valence-electron chi connectivity index (χ1n) is 7.71. The van der Waals surface area contributed by atoms with Crippen molar-refractivity contribution in [2.24, 2.45) is 0 Å². The summed E-state index contributed by atoms with van der Waals surface area (Å²) in [4.78, 5) is 16.6. The van der Waals surface area contributed by atoms with E-state index in [0.717, 1.165) is 24.4 Å². The summed E-state index contributed by atoms with van der Waals surface area (Å²) in [5.74, 6) is 2.19. The molecule has 4 heterocycles. The predicted molar refractivity (Wildman–Crippen MR) is 91.7 cm³/mol. The van der Waals surface area contributed by atoms with E-state index in [1.54, 1.807) is 29.3 Å². The zero-order valence-electron chi connectivity index (χ0n) is 12.7. The molecule has 0 saturated heterocycles. The number of fused-ring (bicyclic) bond motifs is 2. The SMILES string of the molecule is C[C@@H]1C[C@@H](C)n2nccc2N1C(=O)[C@H]1SCCc2sccc21. The number of thiophene rings is 1. The first kappa shape index (κ1) is 14.3. The number of amides is 1. The van der Waals surface area contributed by atoms with Crippen LogP contribution in [0.25, 0.3) is 0 Å². The second-order valence-corrected chi connectivity index (χ2v) is 8.29. The van der Waals surface area contributed by atoms with Gasteiger partial charge in [0.2, 0.25) is 5.91 Å². The van der Waals surface area contributed by atoms with Crippen LogP contribution in [0.5, 0.6) is 0 Å². The smallest absolute Gasteiger partial charge is 0.246 e. The molecule has 0 aliphatic carbocycles. The van der Waals surface area contributed by atoms with Gasteiger partial charge in [-0.05, 0) is 49.5 Å². The molecule has 2 aromatic heterocycles. The number of thioether (sulfide) groups is 1. The van der Waals surface area contributed by atoms with E-state index in [1.165, 1.54) is 10.4 Å². The quantitative estimate of drug-likeness (QED) is 0.799. The lowest BCUT2D eigenvalue weighted by molar-refractivity contribution is -0.119. The van der Waals surface area contributed by atoms with Gasteiger partial charge in [0.15, 0.2) is 0 Å². The molecular formula is C16H19N3OS2. The third kappa shape index (κ3) is 2.12. The number of nitrogens with zero attached hydrogens (tertiary/aromatic N) is 3. The lowest BCUT2D eigenvalue weighted by atomic mass is 10.0. The molecule has 2 aliphatic rings. The highest BCUT2D eigenvalue weighted by molar-refractivity contribution is 8.00. The zero-order chi connectivity index (χ0) is 15.3. The van der Waals surface area contributed by atoms with Crippen LogP contribution in [-0.4, -0.2) is 27.5 Å². The van der Waals surface area contributed by atoms with Crippen LogP contribution in [0.1, 0.15) is 42.0 Å². The lowest BCUT2D eigenvalue weighted by Gasteiger charge is -2.39. The summed E-state index contributed by atoms with van der Waals surface area (Å²) >= 11 is 3.56. The van der Waals surface area contributed by atoms with Gasteiger partial charge in [0.1, 0.15) is 11.1 Å². The van der Waals surface area contributed by atoms with Crippen molar-refractivity contribution in [3.8, 4) is 0 Å². The van der Waals surface area contributed by atoms with Gasteiger partial charge in [-0.2, -0.15) is 5.10 Å². The summed E-state index contributed by atoms with van der Waals surface area (Å²) in [6, 6.07) is 4.66. The topological polar surface area (TPSA) is 38.1 Å². The van der Waals surface area contributed by atoms with Crippen molar-refractivity contribution in [3.05, 3.63) is 34.2 Å². The van der Waals surface area contributed by atoms with Crippen molar-refractivity contribution in [1.29, 1.82) is 0 Å². The summed E-state index contributed by atoms with van der Waals surface area (Å²) in [7, 11) is 0. The molecule has 0 N–H and O–H groups in total. The molecule has 0 bridgehead atoms. The molecule has 1 amide bonds. The fourth-order valence-electron chi connectivity index (χ4n) is 3.57. The summed E-state index contributed by atoms with van der Waals surface area (Å²) in [6.07, 6.45) is 3.84. The Hall–Kier alpha value is -1.27. The van der Waals surface area contributed by atoms with Crippen LogP contribution in [0, 0.1) is 0 Å². The molecule has 3 atom stereocenters. The molecule has 4 rings (SSSR count). The van der Waals surface area contributed by atoms with E-state index in [-0.39, 0.29) is 17.2 Å². The first-order chi connectivity index (χ1) is 10.7. The monoisotopic (exact) mass is 333 g/mol. The third-order valence-corrected chi connectivity index (χ3v) is 6.80. The fourth-order valence-corrected chi connectivity index (χ4v) is 5.91. The van der Waals surface area contributed by atoms with Crippen LogP contribution in [0.15, 0.2) is 23.7 Å². The Balaban J connectivity index is 1.71. The van der Waals surface area contributed by atoms with Gasteiger partial charge in [-0.3, -0.25) is 9.69 Å². The maximum absolute atomic E-state index is 13.3. The summed E-state index contributed by atoms with van der Waals surface area (Å²) in [6.45, 7) is 4.31. The molecule has 6 heteroatoms. The van der Waals surface area contributed by atoms with Gasteiger partial charge in [-0.15, -0.1) is 23.1 Å². The minimum atomic E-state index is -0.0609. The minimum Gasteiger partial charge on any atom is -0.293 e. The number of aromatic nitrogens is 2. The Kier molecular flexibility index (Phi) is 3.53. The van der Waals surface area contributed by atoms with E-state index in [2.05, 4.69) is 30.4 Å². The maximum Gasteiger partial charge on any atom is 0.246 e. The van der Waals surface area contributed by atoms with E-state index in [9.17, 15) is 4.79 Å². The third-order valence-electron chi connectivity index (χ3n) is 4.57. The second kappa shape index (κ2) is 5.42. The molecular weight excluding hydrogens is 314 g/mol. The Morgan fingerprint density at radius 2 is 2.18 bits per heavy atom. The average molecular weight is 333 g/mol. The molecule has 0 radical (unpaired) electrons. The number of carbonyl (C=O) groups is 1. The molecule has 22 heavy (non-hydrogen) atoms. The number of aryl methyl sites for hydroxylation is 1. The number of rotatable bonds is 1. The van der Waals surface area contributed by atoms with Crippen LogP contribution in [0.4, 0.5) is 5.82 Å². The predicted octanol–water partition coefficient (Wildman–Crippen LogP) is 3.66. The normalized spacial score (nSPS) is 27.4. The van der Waals surface area contributed by atoms with Gasteiger partial charge < -0.3 is 0 Å². The van der Waals surface area contributed by atoms with Gasteiger partial charge in [0.05, 0.1) is 12.2 Å². The standard InChI is InChI=1S/C16H19N3OS2/c1-10-9-11(2)19-14(3-6-17-19)18(10)16(20)15-12-4-7-21-13(12)5-8-22-15/h3-4,6-7,10-11,15H,5,8-9H2,1-2H3/t10-,11-,15+/m1/s1. The molecule has 0 unspecified atom stereocenters. The van der Waals surface area contributed by atoms with E-state index in [1.807, 2.05) is 15.6 Å². The van der Waals surface area contributed by atoms with Gasteiger partial charge >= 0.3 is 0 Å². The van der Waals surface area contributed by atoms with E-state index in [0.29, 0.717) is 6.04 Å². The fraction of sp³-hybridized carbons (Fsp3) is 0.500. The van der Waals surface area contributed by atoms with Gasteiger partial charge in [0, 0.05) is 17.0 Å². The second-order valence-electron chi connectivity index (χ2n) is 6.08. The highest BCUT2D eigenvalue weighted by Gasteiger charge is 2.38. The van der Waals surface area contributed by atoms with Crippen molar-refractivity contribution in [1.82, 2.24) is 9.78 Å². The minimum absolute atomic E-state index is 0.0609. The maximum atomic E-state index is 13.3. The molecule has 116 valence electrons. The van der Waals surface area contributed by atoms with Crippen molar-refractivity contribution in [2.75, 3.05) is 10.7 Å². The van der Waals surface area contributed by atoms with Crippen molar-refractivity contribution in [3.63, 3.8) is 0 Å². The van der Waals surface area contributed by atoms with Gasteiger partial charge in [-0.25, -0.2) is 4.68 Å². The largest absolute Gasteiger partial charge is 0.293 e. The number of carbonyl (C=O) groups excluding carboxylic acids is 1. The molecule has 0 aromatic carbocycles. The molecule has 2 aromatic rings. The Labute approximate surface area is 138 Å². The van der Waals surface area contributed by atoms with E-state index < -0.39 is 0 Å². The molecule has 0 spiro atoms. The highest BCUT2D eigenvalue weighted by atomic mass is 32.2. The van der Waals surface area contributed by atoms with Crippen LogP contribution < -0.4 is 4.90 Å². The van der Waals surface area contributed by atoms with Crippen LogP contribution >= 0.6 is 23.1 Å². The van der Waals surface area contributed by atoms with Crippen molar-refractivity contribution < 1.29 is 4.79 Å². The molecule has 4 nitrogen and oxygen atoms in total. The van der Waals surface area contributed by atoms with Gasteiger partial charge in [0.25, 0.3) is 0 Å². The van der Waals surface area contributed by atoms with E-state index in [4.69, 9.17) is 0 Å². The Morgan fingerprint density at radius 1 is 1.32 bits per heavy atom. The van der Waals surface area contributed by atoms with Crippen molar-refractivity contribution >= 4 is 34.8 Å². The van der Waals surface area contributed by atoms with Crippen LogP contribution in [-0.2, 0) is 11.2 Å².